The van der Waals surface area contributed by atoms with E-state index in [1.807, 2.05) is 0 Å². The Bertz CT molecular complexity index is 1380. The van der Waals surface area contributed by atoms with Crippen molar-refractivity contribution in [3.8, 4) is 0 Å². The summed E-state index contributed by atoms with van der Waals surface area (Å²) < 4.78 is 28.1. The van der Waals surface area contributed by atoms with Crippen LogP contribution >= 0.6 is 46.1 Å². The summed E-state index contributed by atoms with van der Waals surface area (Å²) in [5.74, 6) is -0.693. The Morgan fingerprint density at radius 1 is 1.05 bits per heavy atom. The zero-order chi connectivity index (χ0) is 28.9. The third-order valence-electron chi connectivity index (χ3n) is 6.48. The Balaban J connectivity index is 1.28. The van der Waals surface area contributed by atoms with E-state index in [0.29, 0.717) is 57.3 Å². The molecule has 2 aliphatic heterocycles. The zero-order valence-electron chi connectivity index (χ0n) is 21.2. The second kappa shape index (κ2) is 13.5. The van der Waals surface area contributed by atoms with Gasteiger partial charge < -0.3 is 20.4 Å². The van der Waals surface area contributed by atoms with Gasteiger partial charge in [0, 0.05) is 51.7 Å². The number of hydrogen-bond acceptors (Lipinski definition) is 6. The van der Waals surface area contributed by atoms with Crippen LogP contribution in [0.2, 0.25) is 14.4 Å². The van der Waals surface area contributed by atoms with Crippen molar-refractivity contribution < 1.29 is 22.8 Å². The lowest BCUT2D eigenvalue weighted by molar-refractivity contribution is -0.143. The van der Waals surface area contributed by atoms with E-state index in [0.717, 1.165) is 11.8 Å². The molecular formula is C25H28Cl3N5O5S2. The van der Waals surface area contributed by atoms with Crippen LogP contribution in [0, 0.1) is 0 Å². The van der Waals surface area contributed by atoms with Crippen LogP contribution in [-0.4, -0.2) is 74.3 Å². The maximum Gasteiger partial charge on any atom is 0.319 e. The van der Waals surface area contributed by atoms with Crippen LogP contribution in [0.25, 0.3) is 6.08 Å². The molecule has 10 nitrogen and oxygen atoms in total. The molecule has 2 saturated heterocycles. The van der Waals surface area contributed by atoms with E-state index in [4.69, 9.17) is 34.8 Å². The van der Waals surface area contributed by atoms with Crippen molar-refractivity contribution in [2.45, 2.75) is 37.8 Å². The molecule has 2 fully saturated rings. The summed E-state index contributed by atoms with van der Waals surface area (Å²) >= 11 is 19.0. The standard InChI is InChI=1S/C25H28Cl3N5O5S2/c26-16-11-17(27)13-18(12-16)30-25(36)29-14-19-3-1-9-33(19)23(34)15-32-8-2-4-21(24(32)35)31-40(37,38)10-7-20-5-6-22(28)39-20/h5-7,10-13,19,21,31H,1-4,8-9,14-15H2,(H2,29,30,36)/b10-7+/t19-,21+/m1/s1. The van der Waals surface area contributed by atoms with Gasteiger partial charge in [0.05, 0.1) is 10.9 Å². The van der Waals surface area contributed by atoms with Crippen molar-refractivity contribution in [1.29, 1.82) is 0 Å². The minimum atomic E-state index is -3.89. The molecule has 3 N–H and O–H groups in total. The van der Waals surface area contributed by atoms with Gasteiger partial charge in [-0.3, -0.25) is 9.59 Å². The van der Waals surface area contributed by atoms with Gasteiger partial charge in [0.15, 0.2) is 0 Å². The van der Waals surface area contributed by atoms with Crippen LogP contribution in [0.3, 0.4) is 0 Å². The van der Waals surface area contributed by atoms with Crippen molar-refractivity contribution in [3.63, 3.8) is 0 Å². The fourth-order valence-corrected chi connectivity index (χ4v) is 7.26. The molecular weight excluding hydrogens is 621 g/mol. The fraction of sp³-hybridized carbons (Fsp3) is 0.400. The van der Waals surface area contributed by atoms with Crippen LogP contribution in [0.5, 0.6) is 0 Å². The van der Waals surface area contributed by atoms with E-state index < -0.39 is 28.0 Å². The quantitative estimate of drug-likeness (QED) is 0.372. The SMILES string of the molecule is O=C(NC[C@H]1CCCN1C(=O)CN1CCC[C@H](NS(=O)(=O)/C=C/c2ccc(Cl)s2)C1=O)Nc1cc(Cl)cc(Cl)c1. The molecule has 0 bridgehead atoms. The smallest absolute Gasteiger partial charge is 0.319 e. The largest absolute Gasteiger partial charge is 0.336 e. The number of sulfonamides is 1. The van der Waals surface area contributed by atoms with Gasteiger partial charge in [0.2, 0.25) is 21.8 Å². The molecule has 3 heterocycles. The minimum absolute atomic E-state index is 0.162. The maximum absolute atomic E-state index is 13.1. The first-order chi connectivity index (χ1) is 19.0. The first-order valence-electron chi connectivity index (χ1n) is 12.5. The number of urea groups is 1. The van der Waals surface area contributed by atoms with E-state index in [-0.39, 0.29) is 25.0 Å². The number of carbonyl (C=O) groups excluding carboxylic acids is 3. The van der Waals surface area contributed by atoms with Crippen LogP contribution in [-0.2, 0) is 19.6 Å². The molecule has 2 aliphatic rings. The van der Waals surface area contributed by atoms with Gasteiger partial charge >= 0.3 is 6.03 Å². The molecule has 15 heteroatoms. The monoisotopic (exact) mass is 647 g/mol. The van der Waals surface area contributed by atoms with E-state index in [1.165, 1.54) is 22.3 Å². The Morgan fingerprint density at radius 2 is 1.77 bits per heavy atom. The van der Waals surface area contributed by atoms with Crippen molar-refractivity contribution in [2.24, 2.45) is 0 Å². The highest BCUT2D eigenvalue weighted by atomic mass is 35.5. The summed E-state index contributed by atoms with van der Waals surface area (Å²) in [6.07, 6.45) is 3.77. The minimum Gasteiger partial charge on any atom is -0.336 e. The van der Waals surface area contributed by atoms with Crippen LogP contribution in [0.15, 0.2) is 35.7 Å². The van der Waals surface area contributed by atoms with Crippen molar-refractivity contribution >= 4 is 85.8 Å². The summed E-state index contributed by atoms with van der Waals surface area (Å²) in [5, 5.41) is 7.21. The number of piperidine rings is 1. The third kappa shape index (κ3) is 8.58. The normalized spacial score (nSPS) is 19.8. The number of halogens is 3. The highest BCUT2D eigenvalue weighted by Crippen LogP contribution is 2.24. The predicted octanol–water partition coefficient (Wildman–Crippen LogP) is 4.40. The van der Waals surface area contributed by atoms with Gasteiger partial charge in [0.25, 0.3) is 0 Å². The number of likely N-dealkylation sites (tertiary alicyclic amines) is 2. The molecule has 0 radical (unpaired) electrons. The second-order valence-corrected chi connectivity index (χ2v) is 13.7. The molecule has 1 aromatic carbocycles. The number of hydrogen-bond donors (Lipinski definition) is 3. The predicted molar refractivity (Wildman–Crippen MR) is 158 cm³/mol. The highest BCUT2D eigenvalue weighted by Gasteiger charge is 2.35. The van der Waals surface area contributed by atoms with Crippen molar-refractivity contribution in [2.75, 3.05) is 31.5 Å². The average Bonchev–Trinajstić information content (AvgIpc) is 3.52. The van der Waals surface area contributed by atoms with Gasteiger partial charge in [-0.2, -0.15) is 4.72 Å². The molecule has 4 rings (SSSR count). The number of carbonyl (C=O) groups is 3. The maximum atomic E-state index is 13.1. The van der Waals surface area contributed by atoms with Crippen molar-refractivity contribution in [3.05, 3.63) is 55.0 Å². The van der Waals surface area contributed by atoms with Crippen LogP contribution in [0.4, 0.5) is 10.5 Å². The summed E-state index contributed by atoms with van der Waals surface area (Å²) in [6.45, 7) is 0.925. The number of thiophene rings is 1. The molecule has 2 atom stereocenters. The summed E-state index contributed by atoms with van der Waals surface area (Å²) in [6, 6.07) is 6.40. The molecule has 40 heavy (non-hydrogen) atoms. The lowest BCUT2D eigenvalue weighted by Crippen LogP contribution is -2.55. The number of anilines is 1. The van der Waals surface area contributed by atoms with Gasteiger partial charge in [-0.25, -0.2) is 13.2 Å². The molecule has 0 spiro atoms. The van der Waals surface area contributed by atoms with E-state index in [9.17, 15) is 22.8 Å². The lowest BCUT2D eigenvalue weighted by atomic mass is 10.1. The number of benzene rings is 1. The van der Waals surface area contributed by atoms with Gasteiger partial charge in [-0.15, -0.1) is 11.3 Å². The third-order valence-corrected chi connectivity index (χ3v) is 9.23. The Hall–Kier alpha value is -2.35. The Morgan fingerprint density at radius 3 is 2.48 bits per heavy atom. The molecule has 1 aromatic heterocycles. The zero-order valence-corrected chi connectivity index (χ0v) is 25.1. The first-order valence-corrected chi connectivity index (χ1v) is 16.0. The molecule has 0 unspecified atom stereocenters. The molecule has 2 aromatic rings. The summed E-state index contributed by atoms with van der Waals surface area (Å²) in [7, 11) is -3.89. The Labute approximate surface area is 251 Å². The highest BCUT2D eigenvalue weighted by molar-refractivity contribution is 7.92. The molecule has 0 saturated carbocycles. The second-order valence-electron chi connectivity index (χ2n) is 9.44. The summed E-state index contributed by atoms with van der Waals surface area (Å²) in [4.78, 5) is 42.3. The van der Waals surface area contributed by atoms with Gasteiger partial charge in [0.1, 0.15) is 6.04 Å². The number of amides is 4. The molecule has 216 valence electrons. The number of nitrogens with zero attached hydrogens (tertiary/aromatic N) is 2. The van der Waals surface area contributed by atoms with Crippen molar-refractivity contribution in [1.82, 2.24) is 19.8 Å². The molecule has 4 amide bonds. The van der Waals surface area contributed by atoms with E-state index in [2.05, 4.69) is 15.4 Å². The Kier molecular flexibility index (Phi) is 10.4. The lowest BCUT2D eigenvalue weighted by Gasteiger charge is -2.34. The van der Waals surface area contributed by atoms with Crippen LogP contribution < -0.4 is 15.4 Å². The topological polar surface area (TPSA) is 128 Å². The van der Waals surface area contributed by atoms with E-state index in [1.54, 1.807) is 35.2 Å². The van der Waals surface area contributed by atoms with Gasteiger partial charge in [-0.1, -0.05) is 34.8 Å². The van der Waals surface area contributed by atoms with E-state index >= 15 is 0 Å². The van der Waals surface area contributed by atoms with Crippen LogP contribution in [0.1, 0.15) is 30.6 Å². The molecule has 0 aliphatic carbocycles. The fourth-order valence-electron chi connectivity index (χ4n) is 4.66. The number of nitrogens with one attached hydrogen (secondary N) is 3. The number of rotatable bonds is 9. The first kappa shape index (κ1) is 30.6. The average molecular weight is 649 g/mol. The van der Waals surface area contributed by atoms with Gasteiger partial charge in [-0.05, 0) is 62.1 Å². The summed E-state index contributed by atoms with van der Waals surface area (Å²) in [5.41, 5.74) is 0.439.